The highest BCUT2D eigenvalue weighted by atomic mass is 16.6. The zero-order valence-electron chi connectivity index (χ0n) is 8.57. The predicted octanol–water partition coefficient (Wildman–Crippen LogP) is 2.25. The van der Waals surface area contributed by atoms with Crippen molar-refractivity contribution in [2.45, 2.75) is 13.0 Å². The molecule has 0 saturated heterocycles. The van der Waals surface area contributed by atoms with E-state index in [0.29, 0.717) is 0 Å². The average molecular weight is 222 g/mol. The summed E-state index contributed by atoms with van der Waals surface area (Å²) in [4.78, 5) is 12.7. The third kappa shape index (κ3) is 2.47. The molecule has 0 saturated carbocycles. The van der Waals surface area contributed by atoms with E-state index in [1.54, 1.807) is 13.0 Å². The van der Waals surface area contributed by atoms with Crippen LogP contribution in [-0.2, 0) is 0 Å². The summed E-state index contributed by atoms with van der Waals surface area (Å²) in [5.41, 5.74) is 9.18. The second kappa shape index (κ2) is 5.11. The van der Waals surface area contributed by atoms with Gasteiger partial charge in [0.05, 0.1) is 17.6 Å². The van der Waals surface area contributed by atoms with Crippen LogP contribution in [0.2, 0.25) is 0 Å². The molecule has 0 amide bonds. The first-order valence-corrected chi connectivity index (χ1v) is 4.50. The molecule has 1 N–H and O–H groups in total. The number of aliphatic hydroxyl groups is 1. The van der Waals surface area contributed by atoms with E-state index in [2.05, 4.69) is 10.0 Å². The first kappa shape index (κ1) is 12.0. The van der Waals surface area contributed by atoms with Crippen molar-refractivity contribution >= 4 is 5.69 Å². The zero-order chi connectivity index (χ0) is 12.1. The maximum Gasteiger partial charge on any atom is 0.273 e. The molecule has 0 aliphatic rings. The first-order chi connectivity index (χ1) is 7.60. The van der Waals surface area contributed by atoms with Crippen molar-refractivity contribution in [3.05, 3.63) is 49.9 Å². The SMILES string of the molecule is Cc1ccc([N+](=O)[O-])c(C(CO)N=[N+]=[N-])c1. The predicted molar refractivity (Wildman–Crippen MR) is 56.8 cm³/mol. The number of benzene rings is 1. The lowest BCUT2D eigenvalue weighted by atomic mass is 10.0. The van der Waals surface area contributed by atoms with Crippen molar-refractivity contribution in [2.75, 3.05) is 6.61 Å². The summed E-state index contributed by atoms with van der Waals surface area (Å²) in [7, 11) is 0. The molecule has 0 radical (unpaired) electrons. The summed E-state index contributed by atoms with van der Waals surface area (Å²) >= 11 is 0. The van der Waals surface area contributed by atoms with E-state index >= 15 is 0 Å². The Morgan fingerprint density at radius 2 is 2.38 bits per heavy atom. The van der Waals surface area contributed by atoms with Crippen LogP contribution in [0, 0.1) is 17.0 Å². The van der Waals surface area contributed by atoms with E-state index < -0.39 is 17.6 Å². The number of nitrogens with zero attached hydrogens (tertiary/aromatic N) is 4. The van der Waals surface area contributed by atoms with Crippen molar-refractivity contribution in [3.63, 3.8) is 0 Å². The molecule has 0 heterocycles. The van der Waals surface area contributed by atoms with Gasteiger partial charge >= 0.3 is 0 Å². The first-order valence-electron chi connectivity index (χ1n) is 4.50. The quantitative estimate of drug-likeness (QED) is 0.277. The lowest BCUT2D eigenvalue weighted by Crippen LogP contribution is -2.04. The van der Waals surface area contributed by atoms with Crippen LogP contribution in [0.4, 0.5) is 5.69 Å². The average Bonchev–Trinajstić information content (AvgIpc) is 2.25. The molecule has 16 heavy (non-hydrogen) atoms. The second-order valence-corrected chi connectivity index (χ2v) is 3.22. The lowest BCUT2D eigenvalue weighted by Gasteiger charge is -2.09. The van der Waals surface area contributed by atoms with Crippen molar-refractivity contribution in [3.8, 4) is 0 Å². The van der Waals surface area contributed by atoms with Gasteiger partial charge in [0.1, 0.15) is 0 Å². The molecule has 7 nitrogen and oxygen atoms in total. The van der Waals surface area contributed by atoms with Crippen molar-refractivity contribution in [1.82, 2.24) is 0 Å². The zero-order valence-corrected chi connectivity index (χ0v) is 8.57. The molecule has 7 heteroatoms. The van der Waals surface area contributed by atoms with E-state index in [0.717, 1.165) is 5.56 Å². The summed E-state index contributed by atoms with van der Waals surface area (Å²) in [6.07, 6.45) is 0. The van der Waals surface area contributed by atoms with Crippen LogP contribution in [0.1, 0.15) is 17.2 Å². The molecule has 0 aliphatic carbocycles. The molecular formula is C9H10N4O3. The highest BCUT2D eigenvalue weighted by molar-refractivity contribution is 5.44. The summed E-state index contributed by atoms with van der Waals surface area (Å²) in [5, 5.41) is 23.1. The molecule has 0 spiro atoms. The number of aliphatic hydroxyl groups excluding tert-OH is 1. The van der Waals surface area contributed by atoms with Crippen LogP contribution in [-0.4, -0.2) is 16.6 Å². The second-order valence-electron chi connectivity index (χ2n) is 3.22. The maximum atomic E-state index is 10.7. The Morgan fingerprint density at radius 3 is 2.88 bits per heavy atom. The molecule has 0 fully saturated rings. The summed E-state index contributed by atoms with van der Waals surface area (Å²) < 4.78 is 0. The Bertz CT molecular complexity index is 454. The van der Waals surface area contributed by atoms with Gasteiger partial charge in [-0.15, -0.1) is 0 Å². The van der Waals surface area contributed by atoms with Gasteiger partial charge in [0, 0.05) is 16.5 Å². The van der Waals surface area contributed by atoms with Crippen LogP contribution in [0.3, 0.4) is 0 Å². The summed E-state index contributed by atoms with van der Waals surface area (Å²) in [6.45, 7) is 1.30. The largest absolute Gasteiger partial charge is 0.396 e. The number of nitro benzene ring substituents is 1. The number of rotatable bonds is 4. The molecule has 1 rings (SSSR count). The van der Waals surface area contributed by atoms with Gasteiger partial charge in [-0.3, -0.25) is 10.1 Å². The number of hydrogen-bond donors (Lipinski definition) is 1. The van der Waals surface area contributed by atoms with Crippen molar-refractivity contribution < 1.29 is 10.0 Å². The van der Waals surface area contributed by atoms with E-state index in [-0.39, 0.29) is 11.3 Å². The fourth-order valence-electron chi connectivity index (χ4n) is 1.37. The Balaban J connectivity index is 3.32. The van der Waals surface area contributed by atoms with Crippen LogP contribution in [0.5, 0.6) is 0 Å². The smallest absolute Gasteiger partial charge is 0.273 e. The maximum absolute atomic E-state index is 10.7. The van der Waals surface area contributed by atoms with Crippen LogP contribution in [0.15, 0.2) is 23.3 Å². The molecular weight excluding hydrogens is 212 g/mol. The van der Waals surface area contributed by atoms with Gasteiger partial charge in [-0.2, -0.15) is 0 Å². The van der Waals surface area contributed by atoms with Gasteiger partial charge in [-0.25, -0.2) is 0 Å². The topological polar surface area (TPSA) is 112 Å². The van der Waals surface area contributed by atoms with E-state index in [1.165, 1.54) is 12.1 Å². The fraction of sp³-hybridized carbons (Fsp3) is 0.333. The van der Waals surface area contributed by atoms with Gasteiger partial charge in [-0.1, -0.05) is 16.7 Å². The Labute approximate surface area is 91.1 Å². The van der Waals surface area contributed by atoms with E-state index in [9.17, 15) is 10.1 Å². The number of hydrogen-bond acceptors (Lipinski definition) is 4. The lowest BCUT2D eigenvalue weighted by molar-refractivity contribution is -0.385. The Kier molecular flexibility index (Phi) is 3.82. The van der Waals surface area contributed by atoms with Gasteiger partial charge in [0.2, 0.25) is 0 Å². The third-order valence-electron chi connectivity index (χ3n) is 2.10. The molecule has 1 unspecified atom stereocenters. The van der Waals surface area contributed by atoms with Crippen LogP contribution < -0.4 is 0 Å². The monoisotopic (exact) mass is 222 g/mol. The number of aryl methyl sites for hydroxylation is 1. The Morgan fingerprint density at radius 1 is 1.69 bits per heavy atom. The van der Waals surface area contributed by atoms with E-state index in [4.69, 9.17) is 10.6 Å². The van der Waals surface area contributed by atoms with E-state index in [1.807, 2.05) is 0 Å². The standard InChI is InChI=1S/C9H10N4O3/c1-6-2-3-9(13(15)16)7(4-6)8(5-14)11-12-10/h2-4,8,14H,5H2,1H3. The van der Waals surface area contributed by atoms with Gasteiger partial charge in [0.25, 0.3) is 5.69 Å². The minimum atomic E-state index is -0.926. The minimum absolute atomic E-state index is 0.156. The van der Waals surface area contributed by atoms with Crippen molar-refractivity contribution in [1.29, 1.82) is 0 Å². The molecule has 0 aliphatic heterocycles. The van der Waals surface area contributed by atoms with Gasteiger partial charge < -0.3 is 5.11 Å². The normalized spacial score (nSPS) is 11.6. The molecule has 1 aromatic carbocycles. The number of nitro groups is 1. The van der Waals surface area contributed by atoms with Crippen LogP contribution >= 0.6 is 0 Å². The summed E-state index contributed by atoms with van der Waals surface area (Å²) in [6, 6.07) is 3.53. The van der Waals surface area contributed by atoms with Crippen molar-refractivity contribution in [2.24, 2.45) is 5.11 Å². The fourth-order valence-corrected chi connectivity index (χ4v) is 1.37. The van der Waals surface area contributed by atoms with Gasteiger partial charge in [0.15, 0.2) is 0 Å². The van der Waals surface area contributed by atoms with Crippen LogP contribution in [0.25, 0.3) is 10.4 Å². The molecule has 1 atom stereocenters. The molecule has 0 bridgehead atoms. The highest BCUT2D eigenvalue weighted by Crippen LogP contribution is 2.28. The number of azide groups is 1. The summed E-state index contributed by atoms with van der Waals surface area (Å²) in [5.74, 6) is 0. The molecule has 1 aromatic rings. The third-order valence-corrected chi connectivity index (χ3v) is 2.10. The minimum Gasteiger partial charge on any atom is -0.396 e. The molecule has 0 aromatic heterocycles. The highest BCUT2D eigenvalue weighted by Gasteiger charge is 2.20. The Hall–Kier alpha value is -2.11. The molecule has 84 valence electrons. The van der Waals surface area contributed by atoms with Gasteiger partial charge in [-0.05, 0) is 18.5 Å².